The van der Waals surface area contributed by atoms with Crippen LogP contribution in [0, 0.1) is 25.5 Å². The quantitative estimate of drug-likeness (QED) is 0.0589. The number of halogens is 2. The highest BCUT2D eigenvalue weighted by Crippen LogP contribution is 2.40. The first-order valence-corrected chi connectivity index (χ1v) is 31.9. The van der Waals surface area contributed by atoms with E-state index in [0.717, 1.165) is 11.1 Å². The van der Waals surface area contributed by atoms with Crippen molar-refractivity contribution >= 4 is 70.3 Å². The fraction of sp³-hybridized carbons (Fsp3) is 0.364. The van der Waals surface area contributed by atoms with Crippen molar-refractivity contribution in [1.29, 1.82) is 0 Å². The third-order valence-electron chi connectivity index (χ3n) is 17.4. The van der Waals surface area contributed by atoms with Gasteiger partial charge in [0.1, 0.15) is 23.7 Å². The van der Waals surface area contributed by atoms with E-state index in [9.17, 15) is 47.8 Å². The maximum Gasteiger partial charge on any atom is 0.338 e. The summed E-state index contributed by atoms with van der Waals surface area (Å²) in [4.78, 5) is 107. The third-order valence-corrected chi connectivity index (χ3v) is 18.9. The largest absolute Gasteiger partial charge is 0.478 e. The fourth-order valence-electron chi connectivity index (χ4n) is 13.0. The molecule has 4 fully saturated rings. The summed E-state index contributed by atoms with van der Waals surface area (Å²) in [6.07, 6.45) is 3.36. The number of benzene rings is 4. The molecule has 22 nitrogen and oxygen atoms in total. The summed E-state index contributed by atoms with van der Waals surface area (Å²) < 4.78 is 40.6. The molecular weight excluding hydrogens is 1220 g/mol. The van der Waals surface area contributed by atoms with Crippen molar-refractivity contribution in [3.05, 3.63) is 197 Å². The van der Waals surface area contributed by atoms with E-state index in [-0.39, 0.29) is 48.0 Å². The minimum atomic E-state index is -1.01. The first kappa shape index (κ1) is 64.3. The van der Waals surface area contributed by atoms with Crippen LogP contribution in [-0.2, 0) is 32.2 Å². The van der Waals surface area contributed by atoms with Gasteiger partial charge in [-0.05, 0) is 111 Å². The normalized spacial score (nSPS) is 21.6. The molecule has 12 rings (SSSR count). The number of carboxylic acid groups (broad SMARTS) is 2. The van der Waals surface area contributed by atoms with Gasteiger partial charge in [-0.3, -0.25) is 19.8 Å². The second-order valence-corrected chi connectivity index (χ2v) is 25.6. The molecule has 6 aliphatic rings. The van der Waals surface area contributed by atoms with Gasteiger partial charge in [0.15, 0.2) is 21.7 Å². The van der Waals surface area contributed by atoms with Gasteiger partial charge < -0.3 is 49.9 Å². The highest BCUT2D eigenvalue weighted by Gasteiger charge is 2.51. The molecule has 4 saturated heterocycles. The molecule has 0 spiro atoms. The number of nitrogens with zero attached hydrogens (tertiary/aromatic N) is 10. The number of aromatic carboxylic acids is 2. The number of carbonyl (C=O) groups is 6. The second kappa shape index (κ2) is 26.9. The minimum absolute atomic E-state index is 0.0634. The smallest absolute Gasteiger partial charge is 0.338 e. The maximum atomic E-state index is 14.8. The number of nitrogens with one attached hydrogen (secondary N) is 2. The van der Waals surface area contributed by atoms with E-state index in [2.05, 4.69) is 37.3 Å². The number of hydrogen-bond donors (Lipinski definition) is 4. The molecule has 2 aromatic heterocycles. The highest BCUT2D eigenvalue weighted by atomic mass is 32.1. The molecule has 4 N–H and O–H groups in total. The van der Waals surface area contributed by atoms with Gasteiger partial charge in [0.2, 0.25) is 0 Å². The Morgan fingerprint density at radius 3 is 1.46 bits per heavy atom. The lowest BCUT2D eigenvalue weighted by molar-refractivity contribution is -0.139. The zero-order valence-electron chi connectivity index (χ0n) is 51.7. The van der Waals surface area contributed by atoms with E-state index < -0.39 is 47.0 Å². The van der Waals surface area contributed by atoms with Gasteiger partial charge in [0.05, 0.1) is 46.6 Å². The van der Waals surface area contributed by atoms with E-state index in [1.807, 2.05) is 33.6 Å². The molecule has 6 aliphatic heterocycles. The van der Waals surface area contributed by atoms with Gasteiger partial charge in [-0.15, -0.1) is 22.7 Å². The molecule has 26 heteroatoms. The van der Waals surface area contributed by atoms with Gasteiger partial charge in [0.25, 0.3) is 0 Å². The van der Waals surface area contributed by atoms with Gasteiger partial charge in [-0.2, -0.15) is 0 Å². The number of esters is 2. The van der Waals surface area contributed by atoms with E-state index >= 15 is 0 Å². The number of rotatable bonds is 18. The minimum Gasteiger partial charge on any atom is -0.478 e. The molecule has 4 atom stereocenters. The maximum absolute atomic E-state index is 14.8. The first-order valence-electron chi connectivity index (χ1n) is 30.2. The number of urea groups is 2. The molecule has 6 aromatic rings. The molecule has 4 aromatic carbocycles. The molecule has 0 aliphatic carbocycles. The number of hydrogen-bond acceptors (Lipinski definition) is 18. The molecule has 0 bridgehead atoms. The number of thiazole rings is 2. The van der Waals surface area contributed by atoms with Crippen LogP contribution in [-0.4, -0.2) is 187 Å². The number of piperazine rings is 2. The van der Waals surface area contributed by atoms with Crippen LogP contribution in [0.1, 0.15) is 104 Å². The van der Waals surface area contributed by atoms with Crippen molar-refractivity contribution in [2.75, 3.05) is 78.7 Å². The Morgan fingerprint density at radius 1 is 0.587 bits per heavy atom. The van der Waals surface area contributed by atoms with Gasteiger partial charge in [-0.1, -0.05) is 48.5 Å². The Bertz CT molecular complexity index is 3980. The predicted octanol–water partition coefficient (Wildman–Crippen LogP) is 8.42. The van der Waals surface area contributed by atoms with Gasteiger partial charge in [-0.25, -0.2) is 47.5 Å². The topological polar surface area (TPSA) is 255 Å². The predicted molar refractivity (Wildman–Crippen MR) is 340 cm³/mol. The first-order chi connectivity index (χ1) is 44.1. The third kappa shape index (κ3) is 13.3. The molecule has 0 radical (unpaired) electrons. The molecule has 0 saturated carbocycles. The fourth-order valence-corrected chi connectivity index (χ4v) is 14.2. The van der Waals surface area contributed by atoms with E-state index in [4.69, 9.17) is 19.5 Å². The van der Waals surface area contributed by atoms with Gasteiger partial charge in [0, 0.05) is 113 Å². The van der Waals surface area contributed by atoms with Crippen LogP contribution in [0.4, 0.5) is 18.4 Å². The molecular formula is C66H70F2N12O10S2. The number of fused-ring (bicyclic) bond motifs is 2. The zero-order valence-corrected chi connectivity index (χ0v) is 53.3. The Kier molecular flexibility index (Phi) is 18.8. The van der Waals surface area contributed by atoms with Crippen LogP contribution in [0.3, 0.4) is 0 Å². The lowest BCUT2D eigenvalue weighted by atomic mass is 9.91. The summed E-state index contributed by atoms with van der Waals surface area (Å²) in [5, 5.41) is 30.3. The van der Waals surface area contributed by atoms with Gasteiger partial charge >= 0.3 is 35.9 Å². The molecule has 480 valence electrons. The average Bonchev–Trinajstić information content (AvgIpc) is 1.43. The van der Waals surface area contributed by atoms with Crippen LogP contribution in [0.25, 0.3) is 0 Å². The van der Waals surface area contributed by atoms with Crippen molar-refractivity contribution in [1.82, 2.24) is 50.0 Å². The number of ether oxygens (including phenoxy) is 2. The SMILES string of the molecule is CCOC(=O)C1=C(CN2CCN3C(=O)N(Cc4ccc(C(=O)O)cc4)CC3(C)C2)NC(c2nccs2)=NC1c1cccc(F)c1C.CCOC(=O)C1=C(CN2CCN3C(=O)N(Cc4cccc(C(=O)O)c4)CC3(C)C2)NC(c2nccs2)=NC1c1cccc(F)c1C. The average molecular weight is 1290 g/mol. The summed E-state index contributed by atoms with van der Waals surface area (Å²) in [6.45, 7) is 16.7. The van der Waals surface area contributed by atoms with E-state index in [1.54, 1.807) is 111 Å². The summed E-state index contributed by atoms with van der Waals surface area (Å²) in [5.41, 5.74) is 4.71. The molecule has 92 heavy (non-hydrogen) atoms. The Labute approximate surface area is 538 Å². The zero-order chi connectivity index (χ0) is 65.2. The van der Waals surface area contributed by atoms with Crippen molar-refractivity contribution in [2.24, 2.45) is 9.98 Å². The highest BCUT2D eigenvalue weighted by molar-refractivity contribution is 7.12. The van der Waals surface area contributed by atoms with Crippen LogP contribution in [0.5, 0.6) is 0 Å². The number of carboxylic acids is 2. The van der Waals surface area contributed by atoms with Crippen molar-refractivity contribution in [3.63, 3.8) is 0 Å². The van der Waals surface area contributed by atoms with Crippen LogP contribution in [0.2, 0.25) is 0 Å². The Morgan fingerprint density at radius 2 is 1.03 bits per heavy atom. The van der Waals surface area contributed by atoms with Crippen LogP contribution < -0.4 is 10.6 Å². The number of aliphatic imine (C=N–C) groups is 2. The van der Waals surface area contributed by atoms with Crippen LogP contribution in [0.15, 0.2) is 141 Å². The summed E-state index contributed by atoms with van der Waals surface area (Å²) in [6, 6.07) is 21.0. The standard InChI is InChI=1S/2C33H35FN6O5S/c1-4-45-31(43)26-25(36-28(29-35-11-14-46-29)37-27(26)23-9-6-10-24(34)20(23)2)17-38-12-13-40-32(44)39(19-33(40,3)18-38)16-21-7-5-8-22(15-21)30(41)42;1-4-45-31(43)26-25(36-28(29-35-12-15-46-29)37-27(26)23-6-5-7-24(34)20(23)2)17-38-13-14-40-32(44)39(19-33(40,3)18-38)16-21-8-10-22(11-9-21)30(41)42/h5-11,14-15,27H,4,12-13,16-19H2,1-3H3,(H,36,37)(H,41,42);5-12,15,27H,4,13-14,16-19H2,1-3H3,(H,36,37)(H,41,42). The number of carbonyl (C=O) groups excluding carboxylic acids is 4. The van der Waals surface area contributed by atoms with E-state index in [0.29, 0.717) is 145 Å². The number of amides is 4. The van der Waals surface area contributed by atoms with Crippen molar-refractivity contribution in [2.45, 2.75) is 77.8 Å². The van der Waals surface area contributed by atoms with Crippen molar-refractivity contribution in [3.8, 4) is 0 Å². The Balaban J connectivity index is 0.000000188. The molecule has 4 unspecified atom stereocenters. The number of aromatic nitrogens is 2. The van der Waals surface area contributed by atoms with E-state index in [1.165, 1.54) is 40.9 Å². The molecule has 4 amide bonds. The Hall–Kier alpha value is -9.24. The van der Waals surface area contributed by atoms with Crippen LogP contribution >= 0.6 is 22.7 Å². The summed E-state index contributed by atoms with van der Waals surface area (Å²) in [7, 11) is 0. The van der Waals surface area contributed by atoms with Crippen molar-refractivity contribution < 1.29 is 57.2 Å². The monoisotopic (exact) mass is 1290 g/mol. The summed E-state index contributed by atoms with van der Waals surface area (Å²) >= 11 is 2.81. The summed E-state index contributed by atoms with van der Waals surface area (Å²) in [5.74, 6) is -2.86. The lowest BCUT2D eigenvalue weighted by Gasteiger charge is -2.44. The second-order valence-electron chi connectivity index (χ2n) is 23.8. The number of amidine groups is 2. The lowest BCUT2D eigenvalue weighted by Crippen LogP contribution is -2.60. The molecule has 8 heterocycles.